The Morgan fingerprint density at radius 1 is 1.30 bits per heavy atom. The summed E-state index contributed by atoms with van der Waals surface area (Å²) in [5, 5.41) is 6.80. The first-order valence-electron chi connectivity index (χ1n) is 9.22. The molecule has 1 unspecified atom stereocenters. The van der Waals surface area contributed by atoms with E-state index >= 15 is 0 Å². The Hall–Kier alpha value is -1.51. The molecule has 1 atom stereocenters. The van der Waals surface area contributed by atoms with Crippen molar-refractivity contribution in [2.75, 3.05) is 32.4 Å². The van der Waals surface area contributed by atoms with Crippen molar-refractivity contribution in [3.05, 3.63) is 29.3 Å². The molecule has 1 aliphatic carbocycles. The van der Waals surface area contributed by atoms with Crippen LogP contribution in [0.4, 0.5) is 0 Å². The summed E-state index contributed by atoms with van der Waals surface area (Å²) in [6.07, 6.45) is 3.34. The Bertz CT molecular complexity index is 706. The molecule has 1 aromatic rings. The van der Waals surface area contributed by atoms with Gasteiger partial charge in [0.05, 0.1) is 12.3 Å². The van der Waals surface area contributed by atoms with Crippen molar-refractivity contribution in [1.29, 1.82) is 0 Å². The number of hydrogen-bond donors (Lipinski definition) is 3. The van der Waals surface area contributed by atoms with Crippen molar-refractivity contribution in [3.8, 4) is 5.75 Å². The predicted molar refractivity (Wildman–Crippen MR) is 110 cm³/mol. The number of nitrogens with one attached hydrogen (secondary N) is 3. The number of hydrogen-bond acceptors (Lipinski definition) is 4. The van der Waals surface area contributed by atoms with Gasteiger partial charge < -0.3 is 15.4 Å². The van der Waals surface area contributed by atoms with E-state index < -0.39 is 10.0 Å². The molecule has 0 amide bonds. The maximum atomic E-state index is 12.0. The molecule has 2 rings (SSSR count). The van der Waals surface area contributed by atoms with Gasteiger partial charge in [-0.25, -0.2) is 13.1 Å². The lowest BCUT2D eigenvalue weighted by atomic mass is 9.86. The molecule has 0 aromatic heterocycles. The third-order valence-electron chi connectivity index (χ3n) is 4.41. The Morgan fingerprint density at radius 3 is 2.59 bits per heavy atom. The van der Waals surface area contributed by atoms with Crippen molar-refractivity contribution in [2.24, 2.45) is 10.9 Å². The molecule has 27 heavy (non-hydrogen) atoms. The summed E-state index contributed by atoms with van der Waals surface area (Å²) in [7, 11) is -1.62. The number of guanidine groups is 1. The van der Waals surface area contributed by atoms with Gasteiger partial charge in [0.15, 0.2) is 5.96 Å². The van der Waals surface area contributed by atoms with E-state index in [9.17, 15) is 8.42 Å². The Labute approximate surface area is 167 Å². The van der Waals surface area contributed by atoms with Gasteiger partial charge in [-0.2, -0.15) is 0 Å². The normalized spacial score (nSPS) is 16.5. The van der Waals surface area contributed by atoms with E-state index in [1.54, 1.807) is 19.2 Å². The molecule has 9 heteroatoms. The fourth-order valence-electron chi connectivity index (χ4n) is 2.57. The topological polar surface area (TPSA) is 91.8 Å². The monoisotopic (exact) mass is 416 g/mol. The van der Waals surface area contributed by atoms with Crippen LogP contribution in [0.5, 0.6) is 5.75 Å². The van der Waals surface area contributed by atoms with Gasteiger partial charge in [0.25, 0.3) is 0 Å². The summed E-state index contributed by atoms with van der Waals surface area (Å²) in [4.78, 5) is 4.10. The fourth-order valence-corrected chi connectivity index (χ4v) is 3.70. The highest BCUT2D eigenvalue weighted by molar-refractivity contribution is 7.89. The maximum absolute atomic E-state index is 12.0. The Balaban J connectivity index is 1.64. The lowest BCUT2D eigenvalue weighted by Crippen LogP contribution is -2.44. The lowest BCUT2D eigenvalue weighted by molar-refractivity contribution is 0.224. The molecule has 0 spiro atoms. The number of benzene rings is 1. The van der Waals surface area contributed by atoms with Crippen LogP contribution in [0.1, 0.15) is 26.2 Å². The summed E-state index contributed by atoms with van der Waals surface area (Å²) in [5.41, 5.74) is 0. The molecule has 152 valence electrons. The van der Waals surface area contributed by atoms with E-state index in [1.807, 2.05) is 19.1 Å². The first kappa shape index (κ1) is 21.8. The van der Waals surface area contributed by atoms with Crippen LogP contribution in [0.2, 0.25) is 5.02 Å². The second-order valence-electron chi connectivity index (χ2n) is 6.73. The molecule has 0 heterocycles. The van der Waals surface area contributed by atoms with Crippen LogP contribution < -0.4 is 20.1 Å². The van der Waals surface area contributed by atoms with E-state index in [-0.39, 0.29) is 18.4 Å². The lowest BCUT2D eigenvalue weighted by Gasteiger charge is -2.25. The van der Waals surface area contributed by atoms with Gasteiger partial charge in [0.1, 0.15) is 11.9 Å². The summed E-state index contributed by atoms with van der Waals surface area (Å²) < 4.78 is 32.5. The van der Waals surface area contributed by atoms with Crippen molar-refractivity contribution >= 4 is 27.6 Å². The highest BCUT2D eigenvalue weighted by atomic mass is 35.5. The van der Waals surface area contributed by atoms with E-state index in [0.29, 0.717) is 30.0 Å². The molecule has 1 fully saturated rings. The summed E-state index contributed by atoms with van der Waals surface area (Å²) >= 11 is 5.86. The average Bonchev–Trinajstić information content (AvgIpc) is 2.58. The maximum Gasteiger partial charge on any atom is 0.213 e. The smallest absolute Gasteiger partial charge is 0.213 e. The zero-order chi connectivity index (χ0) is 19.7. The number of rotatable bonds is 10. The van der Waals surface area contributed by atoms with Crippen LogP contribution in [0.15, 0.2) is 29.3 Å². The number of nitrogens with zero attached hydrogens (tertiary/aromatic N) is 1. The number of halogens is 1. The van der Waals surface area contributed by atoms with Crippen LogP contribution in [0.25, 0.3) is 0 Å². The molecule has 0 radical (unpaired) electrons. The zero-order valence-corrected chi connectivity index (χ0v) is 17.4. The quantitative estimate of drug-likeness (QED) is 0.400. The summed E-state index contributed by atoms with van der Waals surface area (Å²) in [6, 6.07) is 7.18. The minimum Gasteiger partial charge on any atom is -0.489 e. The van der Waals surface area contributed by atoms with Gasteiger partial charge in [-0.15, -0.1) is 0 Å². The molecular formula is C18H29ClN4O3S. The van der Waals surface area contributed by atoms with E-state index in [0.717, 1.165) is 18.6 Å². The van der Waals surface area contributed by atoms with Crippen LogP contribution in [-0.4, -0.2) is 52.9 Å². The molecule has 3 N–H and O–H groups in total. The third kappa shape index (κ3) is 8.36. The molecular weight excluding hydrogens is 388 g/mol. The molecule has 1 aromatic carbocycles. The van der Waals surface area contributed by atoms with Crippen LogP contribution >= 0.6 is 11.6 Å². The van der Waals surface area contributed by atoms with Crippen molar-refractivity contribution < 1.29 is 13.2 Å². The zero-order valence-electron chi connectivity index (χ0n) is 15.9. The standard InChI is InChI=1S/C18H29ClN4O3S/c1-14(26-17-8-6-16(19)7-9-17)12-22-18(20-2)21-10-11-27(24,25)23-13-15-4-3-5-15/h6-9,14-15,23H,3-5,10-13H2,1-2H3,(H2,20,21,22). The molecule has 0 bridgehead atoms. The Morgan fingerprint density at radius 2 is 2.00 bits per heavy atom. The van der Waals surface area contributed by atoms with Crippen LogP contribution in [0.3, 0.4) is 0 Å². The molecule has 1 saturated carbocycles. The highest BCUT2D eigenvalue weighted by Gasteiger charge is 2.20. The third-order valence-corrected chi connectivity index (χ3v) is 6.01. The van der Waals surface area contributed by atoms with Gasteiger partial charge in [-0.05, 0) is 49.9 Å². The van der Waals surface area contributed by atoms with Crippen LogP contribution in [0, 0.1) is 5.92 Å². The minimum absolute atomic E-state index is 0.0112. The van der Waals surface area contributed by atoms with Crippen molar-refractivity contribution in [3.63, 3.8) is 0 Å². The van der Waals surface area contributed by atoms with Gasteiger partial charge in [-0.3, -0.25) is 4.99 Å². The summed E-state index contributed by atoms with van der Waals surface area (Å²) in [6.45, 7) is 3.29. The first-order valence-corrected chi connectivity index (χ1v) is 11.2. The van der Waals surface area contributed by atoms with Gasteiger partial charge in [0.2, 0.25) is 10.0 Å². The fraction of sp³-hybridized carbons (Fsp3) is 0.611. The summed E-state index contributed by atoms with van der Waals surface area (Å²) in [5.74, 6) is 1.79. The first-order chi connectivity index (χ1) is 12.9. The molecule has 0 aliphatic heterocycles. The average molecular weight is 417 g/mol. The largest absolute Gasteiger partial charge is 0.489 e. The van der Waals surface area contributed by atoms with E-state index in [2.05, 4.69) is 20.3 Å². The number of sulfonamides is 1. The number of aliphatic imine (C=N–C) groups is 1. The second-order valence-corrected chi connectivity index (χ2v) is 9.09. The molecule has 1 aliphatic rings. The van der Waals surface area contributed by atoms with E-state index in [4.69, 9.17) is 16.3 Å². The van der Waals surface area contributed by atoms with Crippen molar-refractivity contribution in [2.45, 2.75) is 32.3 Å². The molecule has 7 nitrogen and oxygen atoms in total. The van der Waals surface area contributed by atoms with Gasteiger partial charge in [0, 0.05) is 25.2 Å². The SMILES string of the molecule is CN=C(NCCS(=O)(=O)NCC1CCC1)NCC(C)Oc1ccc(Cl)cc1. The van der Waals surface area contributed by atoms with Gasteiger partial charge >= 0.3 is 0 Å². The van der Waals surface area contributed by atoms with Crippen LogP contribution in [-0.2, 0) is 10.0 Å². The predicted octanol–water partition coefficient (Wildman–Crippen LogP) is 1.99. The Kier molecular flexibility index (Phi) is 8.66. The number of ether oxygens (including phenoxy) is 1. The van der Waals surface area contributed by atoms with Crippen molar-refractivity contribution in [1.82, 2.24) is 15.4 Å². The minimum atomic E-state index is -3.26. The second kappa shape index (κ2) is 10.7. The van der Waals surface area contributed by atoms with Gasteiger partial charge in [-0.1, -0.05) is 18.0 Å². The van der Waals surface area contributed by atoms with E-state index in [1.165, 1.54) is 6.42 Å². The highest BCUT2D eigenvalue weighted by Crippen LogP contribution is 2.25. The molecule has 0 saturated heterocycles.